The number of hydrogen-bond acceptors (Lipinski definition) is 1. The van der Waals surface area contributed by atoms with Crippen molar-refractivity contribution in [3.63, 3.8) is 0 Å². The van der Waals surface area contributed by atoms with E-state index in [0.29, 0.717) is 11.5 Å². The van der Waals surface area contributed by atoms with Crippen molar-refractivity contribution in [1.82, 2.24) is 9.88 Å². The Labute approximate surface area is 123 Å². The molecule has 1 fully saturated rings. The predicted molar refractivity (Wildman–Crippen MR) is 81.3 cm³/mol. The summed E-state index contributed by atoms with van der Waals surface area (Å²) in [6.45, 7) is 7.48. The highest BCUT2D eigenvalue weighted by molar-refractivity contribution is 9.10. The van der Waals surface area contributed by atoms with Crippen LogP contribution in [0.3, 0.4) is 0 Å². The van der Waals surface area contributed by atoms with E-state index in [1.54, 1.807) is 0 Å². The van der Waals surface area contributed by atoms with Crippen LogP contribution >= 0.6 is 15.9 Å². The summed E-state index contributed by atoms with van der Waals surface area (Å²) in [7, 11) is 0. The number of carbonyl (C=O) groups is 1. The highest BCUT2D eigenvalue weighted by Crippen LogP contribution is 2.35. The number of nitrogens with zero attached hydrogens (tertiary/aromatic N) is 1. The lowest BCUT2D eigenvalue weighted by molar-refractivity contribution is 0.0900. The Kier molecular flexibility index (Phi) is 4.39. The number of aryl methyl sites for hydroxylation is 1. The Morgan fingerprint density at radius 1 is 1.47 bits per heavy atom. The maximum Gasteiger partial charge on any atom is 0.268 e. The Bertz CT molecular complexity index is 455. The van der Waals surface area contributed by atoms with E-state index in [1.807, 2.05) is 23.8 Å². The second kappa shape index (κ2) is 5.70. The molecule has 3 nitrogen and oxygen atoms in total. The molecule has 0 radical (unpaired) electrons. The minimum absolute atomic E-state index is 0.0530. The first-order valence-electron chi connectivity index (χ1n) is 7.08. The fourth-order valence-corrected chi connectivity index (χ4v) is 3.19. The SMILES string of the molecule is CCn1cc(Br)cc1C(=O)NC1CCC(C)(C)CC1. The van der Waals surface area contributed by atoms with Gasteiger partial charge in [-0.3, -0.25) is 4.79 Å². The van der Waals surface area contributed by atoms with Gasteiger partial charge in [0.15, 0.2) is 0 Å². The molecule has 1 amide bonds. The molecule has 0 saturated heterocycles. The van der Waals surface area contributed by atoms with Crippen molar-refractivity contribution in [3.8, 4) is 0 Å². The van der Waals surface area contributed by atoms with Gasteiger partial charge in [-0.25, -0.2) is 0 Å². The van der Waals surface area contributed by atoms with Gasteiger partial charge in [0.25, 0.3) is 5.91 Å². The first-order valence-corrected chi connectivity index (χ1v) is 7.87. The standard InChI is InChI=1S/C15H23BrN2O/c1-4-18-10-11(16)9-13(18)14(19)17-12-5-7-15(2,3)8-6-12/h9-10,12H,4-8H2,1-3H3,(H,17,19). The molecule has 1 aromatic rings. The second-order valence-electron chi connectivity index (χ2n) is 6.24. The van der Waals surface area contributed by atoms with Crippen LogP contribution in [0.4, 0.5) is 0 Å². The van der Waals surface area contributed by atoms with Crippen LogP contribution in [0.15, 0.2) is 16.7 Å². The van der Waals surface area contributed by atoms with Crippen LogP contribution in [0.1, 0.15) is 56.9 Å². The molecule has 2 rings (SSSR count). The van der Waals surface area contributed by atoms with Gasteiger partial charge < -0.3 is 9.88 Å². The molecule has 0 unspecified atom stereocenters. The van der Waals surface area contributed by atoms with Gasteiger partial charge in [-0.15, -0.1) is 0 Å². The highest BCUT2D eigenvalue weighted by atomic mass is 79.9. The fraction of sp³-hybridized carbons (Fsp3) is 0.667. The molecular weight excluding hydrogens is 304 g/mol. The largest absolute Gasteiger partial charge is 0.348 e. The molecule has 1 heterocycles. The topological polar surface area (TPSA) is 34.0 Å². The summed E-state index contributed by atoms with van der Waals surface area (Å²) < 4.78 is 2.94. The van der Waals surface area contributed by atoms with Gasteiger partial charge in [0.05, 0.1) is 0 Å². The van der Waals surface area contributed by atoms with E-state index in [-0.39, 0.29) is 5.91 Å². The van der Waals surface area contributed by atoms with E-state index < -0.39 is 0 Å². The molecule has 1 aliphatic carbocycles. The zero-order valence-corrected chi connectivity index (χ0v) is 13.6. The molecule has 0 spiro atoms. The van der Waals surface area contributed by atoms with Crippen molar-refractivity contribution in [3.05, 3.63) is 22.4 Å². The van der Waals surface area contributed by atoms with E-state index >= 15 is 0 Å². The zero-order valence-electron chi connectivity index (χ0n) is 12.0. The van der Waals surface area contributed by atoms with Crippen LogP contribution < -0.4 is 5.32 Å². The van der Waals surface area contributed by atoms with Crippen molar-refractivity contribution >= 4 is 21.8 Å². The number of carbonyl (C=O) groups excluding carboxylic acids is 1. The number of halogens is 1. The predicted octanol–water partition coefficient (Wildman–Crippen LogP) is 3.97. The summed E-state index contributed by atoms with van der Waals surface area (Å²) in [5.41, 5.74) is 1.19. The van der Waals surface area contributed by atoms with E-state index in [2.05, 4.69) is 35.1 Å². The maximum atomic E-state index is 12.3. The van der Waals surface area contributed by atoms with Crippen molar-refractivity contribution in [2.45, 2.75) is 59.0 Å². The molecule has 0 aromatic carbocycles. The van der Waals surface area contributed by atoms with Crippen LogP contribution in [-0.2, 0) is 6.54 Å². The van der Waals surface area contributed by atoms with Crippen LogP contribution in [0.2, 0.25) is 0 Å². The number of nitrogens with one attached hydrogen (secondary N) is 1. The summed E-state index contributed by atoms with van der Waals surface area (Å²) in [5, 5.41) is 3.18. The van der Waals surface area contributed by atoms with Crippen LogP contribution in [0, 0.1) is 5.41 Å². The van der Waals surface area contributed by atoms with Gasteiger partial charge in [-0.2, -0.15) is 0 Å². The Morgan fingerprint density at radius 3 is 2.68 bits per heavy atom. The first kappa shape index (κ1) is 14.6. The lowest BCUT2D eigenvalue weighted by Gasteiger charge is -2.34. The van der Waals surface area contributed by atoms with Gasteiger partial charge in [0, 0.05) is 23.3 Å². The number of amides is 1. The number of rotatable bonds is 3. The minimum Gasteiger partial charge on any atom is -0.348 e. The molecule has 106 valence electrons. The summed E-state index contributed by atoms with van der Waals surface area (Å²) in [6.07, 6.45) is 6.52. The molecule has 1 saturated carbocycles. The summed E-state index contributed by atoms with van der Waals surface area (Å²) in [5.74, 6) is 0.0530. The molecule has 1 aliphatic rings. The Morgan fingerprint density at radius 2 is 2.11 bits per heavy atom. The first-order chi connectivity index (χ1) is 8.91. The fourth-order valence-electron chi connectivity index (χ4n) is 2.73. The molecule has 19 heavy (non-hydrogen) atoms. The molecular formula is C15H23BrN2O. The average Bonchev–Trinajstić information content (AvgIpc) is 2.73. The molecule has 0 aliphatic heterocycles. The summed E-state index contributed by atoms with van der Waals surface area (Å²) >= 11 is 3.43. The van der Waals surface area contributed by atoms with Gasteiger partial charge >= 0.3 is 0 Å². The van der Waals surface area contributed by atoms with Gasteiger partial charge in [-0.05, 0) is 60.0 Å². The molecule has 0 bridgehead atoms. The van der Waals surface area contributed by atoms with Crippen molar-refractivity contribution in [2.75, 3.05) is 0 Å². The van der Waals surface area contributed by atoms with E-state index in [9.17, 15) is 4.79 Å². The molecule has 4 heteroatoms. The Hall–Kier alpha value is -0.770. The molecule has 1 N–H and O–H groups in total. The zero-order chi connectivity index (χ0) is 14.0. The van der Waals surface area contributed by atoms with E-state index in [4.69, 9.17) is 0 Å². The number of hydrogen-bond donors (Lipinski definition) is 1. The van der Waals surface area contributed by atoms with Crippen LogP contribution in [0.5, 0.6) is 0 Å². The van der Waals surface area contributed by atoms with Crippen molar-refractivity contribution in [1.29, 1.82) is 0 Å². The minimum atomic E-state index is 0.0530. The monoisotopic (exact) mass is 326 g/mol. The third-order valence-electron chi connectivity index (χ3n) is 4.11. The normalized spacial score (nSPS) is 19.4. The summed E-state index contributed by atoms with van der Waals surface area (Å²) in [4.78, 5) is 12.3. The lowest BCUT2D eigenvalue weighted by atomic mass is 9.75. The van der Waals surface area contributed by atoms with Crippen molar-refractivity contribution in [2.24, 2.45) is 5.41 Å². The number of aromatic nitrogens is 1. The maximum absolute atomic E-state index is 12.3. The van der Waals surface area contributed by atoms with Crippen LogP contribution in [0.25, 0.3) is 0 Å². The highest BCUT2D eigenvalue weighted by Gasteiger charge is 2.28. The van der Waals surface area contributed by atoms with Gasteiger partial charge in [-0.1, -0.05) is 13.8 Å². The van der Waals surface area contributed by atoms with Crippen molar-refractivity contribution < 1.29 is 4.79 Å². The third-order valence-corrected chi connectivity index (χ3v) is 4.54. The molecule has 1 aromatic heterocycles. The quantitative estimate of drug-likeness (QED) is 0.895. The third kappa shape index (κ3) is 3.62. The van der Waals surface area contributed by atoms with Crippen LogP contribution in [-0.4, -0.2) is 16.5 Å². The van der Waals surface area contributed by atoms with E-state index in [1.165, 1.54) is 12.8 Å². The van der Waals surface area contributed by atoms with E-state index in [0.717, 1.165) is 29.6 Å². The summed E-state index contributed by atoms with van der Waals surface area (Å²) in [6, 6.07) is 2.23. The van der Waals surface area contributed by atoms with Gasteiger partial charge in [0.2, 0.25) is 0 Å². The van der Waals surface area contributed by atoms with Gasteiger partial charge in [0.1, 0.15) is 5.69 Å². The lowest BCUT2D eigenvalue weighted by Crippen LogP contribution is -2.39. The molecule has 0 atom stereocenters. The second-order valence-corrected chi connectivity index (χ2v) is 7.16. The Balaban J connectivity index is 1.98. The smallest absolute Gasteiger partial charge is 0.268 e. The average molecular weight is 327 g/mol.